The Labute approximate surface area is 185 Å². The van der Waals surface area contributed by atoms with Crippen LogP contribution in [0.5, 0.6) is 0 Å². The number of piperazine rings is 1. The average Bonchev–Trinajstić information content (AvgIpc) is 3.56. The van der Waals surface area contributed by atoms with Gasteiger partial charge in [-0.05, 0) is 47.4 Å². The molecule has 1 saturated heterocycles. The summed E-state index contributed by atoms with van der Waals surface area (Å²) in [6.45, 7) is 1.78. The van der Waals surface area contributed by atoms with Gasteiger partial charge in [0.15, 0.2) is 0 Å². The summed E-state index contributed by atoms with van der Waals surface area (Å²) < 4.78 is 0. The lowest BCUT2D eigenvalue weighted by Crippen LogP contribution is -2.53. The summed E-state index contributed by atoms with van der Waals surface area (Å²) in [5.74, 6) is -0.299. The Morgan fingerprint density at radius 2 is 1.52 bits per heavy atom. The van der Waals surface area contributed by atoms with Gasteiger partial charge in [-0.15, -0.1) is 0 Å². The Balaban J connectivity index is 1.30. The summed E-state index contributed by atoms with van der Waals surface area (Å²) in [5.41, 5.74) is 1.28. The average molecular weight is 435 g/mol. The van der Waals surface area contributed by atoms with Crippen LogP contribution in [0.2, 0.25) is 5.02 Å². The minimum atomic E-state index is -1.15. The predicted molar refractivity (Wildman–Crippen MR) is 121 cm³/mol. The molecule has 0 bridgehead atoms. The highest BCUT2D eigenvalue weighted by atomic mass is 35.5. The van der Waals surface area contributed by atoms with E-state index < -0.39 is 5.60 Å². The van der Waals surface area contributed by atoms with E-state index >= 15 is 0 Å². The standard InChI is InChI=1S/C25H23ClN2O3/c26-22-16-20(7-8-21(22)19-6-5-17-3-1-2-4-18(17)15-19)23(29)27-11-13-28(14-12-27)24(30)25(31)9-10-25/h1-8,15-16,31H,9-14H2. The lowest BCUT2D eigenvalue weighted by Gasteiger charge is -2.35. The first-order chi connectivity index (χ1) is 14.9. The Hall–Kier alpha value is -2.89. The molecule has 2 amide bonds. The third kappa shape index (κ3) is 3.80. The number of hydrogen-bond donors (Lipinski definition) is 1. The van der Waals surface area contributed by atoms with Crippen molar-refractivity contribution in [3.8, 4) is 11.1 Å². The zero-order valence-electron chi connectivity index (χ0n) is 17.1. The van der Waals surface area contributed by atoms with Crippen LogP contribution < -0.4 is 0 Å². The predicted octanol–water partition coefficient (Wildman–Crippen LogP) is 3.97. The highest BCUT2D eigenvalue weighted by molar-refractivity contribution is 6.33. The van der Waals surface area contributed by atoms with E-state index in [2.05, 4.69) is 24.3 Å². The van der Waals surface area contributed by atoms with Crippen LogP contribution in [0.25, 0.3) is 21.9 Å². The first-order valence-corrected chi connectivity index (χ1v) is 10.9. The molecule has 0 radical (unpaired) electrons. The maximum Gasteiger partial charge on any atom is 0.254 e. The van der Waals surface area contributed by atoms with Gasteiger partial charge in [-0.1, -0.05) is 54.1 Å². The van der Waals surface area contributed by atoms with Gasteiger partial charge in [0.1, 0.15) is 5.60 Å². The first kappa shape index (κ1) is 20.0. The molecule has 0 atom stereocenters. The van der Waals surface area contributed by atoms with Crippen LogP contribution in [0.3, 0.4) is 0 Å². The number of rotatable bonds is 3. The lowest BCUT2D eigenvalue weighted by atomic mass is 10.00. The van der Waals surface area contributed by atoms with Gasteiger partial charge < -0.3 is 14.9 Å². The van der Waals surface area contributed by atoms with Gasteiger partial charge in [0.05, 0.1) is 0 Å². The SMILES string of the molecule is O=C(c1ccc(-c2ccc3ccccc3c2)c(Cl)c1)N1CCN(C(=O)C2(O)CC2)CC1. The van der Waals surface area contributed by atoms with Gasteiger partial charge in [-0.3, -0.25) is 9.59 Å². The Kier molecular flexibility index (Phi) is 4.95. The van der Waals surface area contributed by atoms with Gasteiger partial charge in [-0.25, -0.2) is 0 Å². The number of hydrogen-bond acceptors (Lipinski definition) is 3. The zero-order valence-corrected chi connectivity index (χ0v) is 17.8. The van der Waals surface area contributed by atoms with Crippen LogP contribution in [0, 0.1) is 0 Å². The van der Waals surface area contributed by atoms with Crippen molar-refractivity contribution >= 4 is 34.2 Å². The fourth-order valence-corrected chi connectivity index (χ4v) is 4.45. The number of fused-ring (bicyclic) bond motifs is 1. The maximum atomic E-state index is 13.0. The van der Waals surface area contributed by atoms with Crippen LogP contribution in [0.1, 0.15) is 23.2 Å². The molecule has 3 aromatic rings. The normalized spacial score (nSPS) is 17.6. The van der Waals surface area contributed by atoms with Crippen LogP contribution in [-0.2, 0) is 4.79 Å². The van der Waals surface area contributed by atoms with Gasteiger partial charge in [0, 0.05) is 42.3 Å². The van der Waals surface area contributed by atoms with E-state index in [0.717, 1.165) is 16.5 Å². The van der Waals surface area contributed by atoms with Crippen molar-refractivity contribution in [3.63, 3.8) is 0 Å². The molecule has 0 aromatic heterocycles. The molecule has 5 nitrogen and oxygen atoms in total. The molecule has 0 unspecified atom stereocenters. The van der Waals surface area contributed by atoms with Gasteiger partial charge in [0.25, 0.3) is 11.8 Å². The van der Waals surface area contributed by atoms with Crippen molar-refractivity contribution in [1.82, 2.24) is 9.80 Å². The molecule has 6 heteroatoms. The van der Waals surface area contributed by atoms with Gasteiger partial charge in [-0.2, -0.15) is 0 Å². The van der Waals surface area contributed by atoms with E-state index in [9.17, 15) is 14.7 Å². The molecule has 1 aliphatic carbocycles. The number of carbonyl (C=O) groups excluding carboxylic acids is 2. The number of amides is 2. The second-order valence-corrected chi connectivity index (χ2v) is 8.78. The Bertz CT molecular complexity index is 1180. The first-order valence-electron chi connectivity index (χ1n) is 10.5. The molecule has 5 rings (SSSR count). The van der Waals surface area contributed by atoms with E-state index in [1.54, 1.807) is 15.9 Å². The summed E-state index contributed by atoms with van der Waals surface area (Å²) in [7, 11) is 0. The van der Waals surface area contributed by atoms with Crippen molar-refractivity contribution in [3.05, 3.63) is 71.2 Å². The summed E-state index contributed by atoms with van der Waals surface area (Å²) >= 11 is 6.57. The molecule has 1 heterocycles. The third-order valence-corrected chi connectivity index (χ3v) is 6.57. The second-order valence-electron chi connectivity index (χ2n) is 8.37. The monoisotopic (exact) mass is 434 g/mol. The fourth-order valence-electron chi connectivity index (χ4n) is 4.16. The second kappa shape index (κ2) is 7.66. The summed E-state index contributed by atoms with van der Waals surface area (Å²) in [5, 5.41) is 12.9. The maximum absolute atomic E-state index is 13.0. The summed E-state index contributed by atoms with van der Waals surface area (Å²) in [4.78, 5) is 28.7. The van der Waals surface area contributed by atoms with Gasteiger partial charge in [0.2, 0.25) is 0 Å². The van der Waals surface area contributed by atoms with Crippen LogP contribution >= 0.6 is 11.6 Å². The Morgan fingerprint density at radius 3 is 2.19 bits per heavy atom. The summed E-state index contributed by atoms with van der Waals surface area (Å²) in [6, 6.07) is 19.8. The molecule has 1 N–H and O–H groups in total. The minimum Gasteiger partial charge on any atom is -0.380 e. The number of nitrogens with zero attached hydrogens (tertiary/aromatic N) is 2. The highest BCUT2D eigenvalue weighted by Gasteiger charge is 2.50. The molecule has 2 fully saturated rings. The number of carbonyl (C=O) groups is 2. The third-order valence-electron chi connectivity index (χ3n) is 6.25. The van der Waals surface area contributed by atoms with E-state index in [1.165, 1.54) is 5.39 Å². The molecular weight excluding hydrogens is 412 g/mol. The zero-order chi connectivity index (χ0) is 21.6. The van der Waals surface area contributed by atoms with E-state index in [0.29, 0.717) is 49.6 Å². The molecule has 31 heavy (non-hydrogen) atoms. The smallest absolute Gasteiger partial charge is 0.254 e. The molecule has 0 spiro atoms. The molecule has 3 aromatic carbocycles. The van der Waals surface area contributed by atoms with E-state index in [-0.39, 0.29) is 11.8 Å². The van der Waals surface area contributed by atoms with E-state index in [1.807, 2.05) is 30.3 Å². The molecule has 1 aliphatic heterocycles. The minimum absolute atomic E-state index is 0.0933. The molecule has 158 valence electrons. The summed E-state index contributed by atoms with van der Waals surface area (Å²) in [6.07, 6.45) is 1.07. The highest BCUT2D eigenvalue weighted by Crippen LogP contribution is 2.37. The lowest BCUT2D eigenvalue weighted by molar-refractivity contribution is -0.143. The number of halogens is 1. The largest absolute Gasteiger partial charge is 0.380 e. The van der Waals surface area contributed by atoms with Crippen LogP contribution in [0.4, 0.5) is 0 Å². The number of benzene rings is 3. The molecule has 1 saturated carbocycles. The van der Waals surface area contributed by atoms with Crippen molar-refractivity contribution in [2.24, 2.45) is 0 Å². The van der Waals surface area contributed by atoms with Crippen LogP contribution in [0.15, 0.2) is 60.7 Å². The Morgan fingerprint density at radius 1 is 0.839 bits per heavy atom. The van der Waals surface area contributed by atoms with Gasteiger partial charge >= 0.3 is 0 Å². The van der Waals surface area contributed by atoms with Crippen molar-refractivity contribution in [2.45, 2.75) is 18.4 Å². The number of aliphatic hydroxyl groups is 1. The molecular formula is C25H23ClN2O3. The quantitative estimate of drug-likeness (QED) is 0.678. The van der Waals surface area contributed by atoms with Crippen molar-refractivity contribution < 1.29 is 14.7 Å². The topological polar surface area (TPSA) is 60.9 Å². The molecule has 2 aliphatic rings. The van der Waals surface area contributed by atoms with Crippen molar-refractivity contribution in [2.75, 3.05) is 26.2 Å². The van der Waals surface area contributed by atoms with Crippen LogP contribution in [-0.4, -0.2) is 58.5 Å². The van der Waals surface area contributed by atoms with E-state index in [4.69, 9.17) is 11.6 Å². The van der Waals surface area contributed by atoms with Crippen molar-refractivity contribution in [1.29, 1.82) is 0 Å². The fraction of sp³-hybridized carbons (Fsp3) is 0.280.